The minimum absolute atomic E-state index is 0.433. The van der Waals surface area contributed by atoms with E-state index in [2.05, 4.69) is 10.4 Å². The number of hydrogen-bond donors (Lipinski definition) is 1. The molecule has 1 fully saturated rings. The summed E-state index contributed by atoms with van der Waals surface area (Å²) in [5, 5.41) is 7.98. The summed E-state index contributed by atoms with van der Waals surface area (Å²) in [6.45, 7) is 0. The van der Waals surface area contributed by atoms with Gasteiger partial charge in [0.05, 0.1) is 6.21 Å². The van der Waals surface area contributed by atoms with Crippen molar-refractivity contribution in [2.24, 2.45) is 5.10 Å². The van der Waals surface area contributed by atoms with Crippen molar-refractivity contribution in [1.82, 2.24) is 10.3 Å². The van der Waals surface area contributed by atoms with Crippen molar-refractivity contribution in [2.45, 2.75) is 10.4 Å². The molecule has 0 aliphatic carbocycles. The summed E-state index contributed by atoms with van der Waals surface area (Å²) in [7, 11) is 0. The van der Waals surface area contributed by atoms with Crippen molar-refractivity contribution in [3.63, 3.8) is 0 Å². The Bertz CT molecular complexity index is 1010. The highest BCUT2D eigenvalue weighted by Crippen LogP contribution is 2.36. The molecule has 4 rings (SSSR count). The molecule has 1 N–H and O–H groups in total. The molecule has 0 aromatic heterocycles. The predicted octanol–water partition coefficient (Wildman–Crippen LogP) is 4.24. The number of amides is 3. The highest BCUT2D eigenvalue weighted by Gasteiger charge is 2.54. The second kappa shape index (κ2) is 7.93. The molecule has 1 heterocycles. The molecule has 3 amide bonds. The zero-order chi connectivity index (χ0) is 20.3. The average Bonchev–Trinajstić information content (AvgIpc) is 3.04. The molecule has 6 heteroatoms. The van der Waals surface area contributed by atoms with Gasteiger partial charge in [0.2, 0.25) is 0 Å². The van der Waals surface area contributed by atoms with Crippen LogP contribution in [0.1, 0.15) is 16.7 Å². The molecular formula is C23H19N3O2S. The molecule has 0 atom stereocenters. The maximum atomic E-state index is 13.5. The summed E-state index contributed by atoms with van der Waals surface area (Å²) in [5.41, 5.74) is 0.873. The highest BCUT2D eigenvalue weighted by atomic mass is 32.2. The lowest BCUT2D eigenvalue weighted by molar-refractivity contribution is -0.130. The predicted molar refractivity (Wildman–Crippen MR) is 115 cm³/mol. The molecule has 0 bridgehead atoms. The van der Waals surface area contributed by atoms with Gasteiger partial charge in [0, 0.05) is 4.90 Å². The zero-order valence-corrected chi connectivity index (χ0v) is 16.6. The number of imide groups is 1. The standard InChI is InChI=1S/C23H19N3O2S/c1-29-20-14-12-17(13-15-20)16-24-26-21(27)23(25-22(26)28,18-8-4-2-5-9-18)19-10-6-3-7-11-19/h2-16H,1H3,(H,25,28)/b24-16-. The second-order valence-corrected chi connectivity index (χ2v) is 7.43. The Labute approximate surface area is 173 Å². The maximum Gasteiger partial charge on any atom is 0.346 e. The number of benzene rings is 3. The molecule has 1 aliphatic rings. The molecule has 0 unspecified atom stereocenters. The molecule has 3 aromatic rings. The van der Waals surface area contributed by atoms with Gasteiger partial charge in [0.1, 0.15) is 0 Å². The van der Waals surface area contributed by atoms with Crippen LogP contribution in [0.25, 0.3) is 0 Å². The van der Waals surface area contributed by atoms with E-state index in [0.717, 1.165) is 15.5 Å². The number of thioether (sulfide) groups is 1. The lowest BCUT2D eigenvalue weighted by atomic mass is 9.83. The molecule has 0 saturated carbocycles. The first-order chi connectivity index (χ1) is 14.1. The lowest BCUT2D eigenvalue weighted by Crippen LogP contribution is -2.44. The van der Waals surface area contributed by atoms with Crippen molar-refractivity contribution in [3.8, 4) is 0 Å². The molecule has 0 radical (unpaired) electrons. The average molecular weight is 401 g/mol. The second-order valence-electron chi connectivity index (χ2n) is 6.55. The Morgan fingerprint density at radius 1 is 0.862 bits per heavy atom. The molecule has 1 aliphatic heterocycles. The molecule has 1 saturated heterocycles. The van der Waals surface area contributed by atoms with Gasteiger partial charge in [-0.1, -0.05) is 72.8 Å². The summed E-state index contributed by atoms with van der Waals surface area (Å²) in [6.07, 6.45) is 3.52. The van der Waals surface area contributed by atoms with E-state index in [4.69, 9.17) is 0 Å². The van der Waals surface area contributed by atoms with Crippen molar-refractivity contribution in [3.05, 3.63) is 102 Å². The topological polar surface area (TPSA) is 61.8 Å². The fourth-order valence-corrected chi connectivity index (χ4v) is 3.78. The van der Waals surface area contributed by atoms with E-state index in [1.165, 1.54) is 6.21 Å². The number of nitrogens with one attached hydrogen (secondary N) is 1. The van der Waals surface area contributed by atoms with Gasteiger partial charge >= 0.3 is 6.03 Å². The van der Waals surface area contributed by atoms with Crippen LogP contribution < -0.4 is 5.32 Å². The number of hydrogen-bond acceptors (Lipinski definition) is 4. The van der Waals surface area contributed by atoms with Gasteiger partial charge in [0.15, 0.2) is 5.54 Å². The first-order valence-electron chi connectivity index (χ1n) is 9.11. The van der Waals surface area contributed by atoms with Crippen molar-refractivity contribution in [2.75, 3.05) is 6.26 Å². The third-order valence-corrected chi connectivity index (χ3v) is 5.60. The summed E-state index contributed by atoms with van der Waals surface area (Å²) in [5.74, 6) is -0.433. The molecule has 144 valence electrons. The van der Waals surface area contributed by atoms with Crippen LogP contribution in [0.15, 0.2) is 94.9 Å². The van der Waals surface area contributed by atoms with Gasteiger partial charge in [-0.15, -0.1) is 16.8 Å². The van der Waals surface area contributed by atoms with E-state index >= 15 is 0 Å². The van der Waals surface area contributed by atoms with E-state index in [1.54, 1.807) is 11.8 Å². The number of rotatable bonds is 5. The van der Waals surface area contributed by atoms with Crippen LogP contribution in [-0.4, -0.2) is 29.4 Å². The van der Waals surface area contributed by atoms with Gasteiger partial charge < -0.3 is 5.32 Å². The Kier molecular flexibility index (Phi) is 5.18. The molecule has 5 nitrogen and oxygen atoms in total. The minimum Gasteiger partial charge on any atom is -0.314 e. The normalized spacial score (nSPS) is 15.7. The maximum absolute atomic E-state index is 13.5. The van der Waals surface area contributed by atoms with Crippen LogP contribution in [0.3, 0.4) is 0 Å². The summed E-state index contributed by atoms with van der Waals surface area (Å²) < 4.78 is 0. The first-order valence-corrected chi connectivity index (χ1v) is 10.3. The monoisotopic (exact) mass is 401 g/mol. The van der Waals surface area contributed by atoms with Crippen LogP contribution in [0.5, 0.6) is 0 Å². The van der Waals surface area contributed by atoms with Crippen LogP contribution in [0.2, 0.25) is 0 Å². The minimum atomic E-state index is -1.31. The summed E-state index contributed by atoms with van der Waals surface area (Å²) in [6, 6.07) is 25.6. The molecule has 29 heavy (non-hydrogen) atoms. The molecule has 3 aromatic carbocycles. The SMILES string of the molecule is CSc1ccc(/C=N\N2C(=O)NC(c3ccccc3)(c3ccccc3)C2=O)cc1. The number of urea groups is 1. The highest BCUT2D eigenvalue weighted by molar-refractivity contribution is 7.98. The van der Waals surface area contributed by atoms with Crippen molar-refractivity contribution >= 4 is 29.9 Å². The number of nitrogens with zero attached hydrogens (tertiary/aromatic N) is 2. The number of carbonyl (C=O) groups is 2. The third-order valence-electron chi connectivity index (χ3n) is 4.85. The van der Waals surface area contributed by atoms with Crippen LogP contribution in [0.4, 0.5) is 4.79 Å². The summed E-state index contributed by atoms with van der Waals surface area (Å²) in [4.78, 5) is 27.4. The van der Waals surface area contributed by atoms with Crippen molar-refractivity contribution in [1.29, 1.82) is 0 Å². The van der Waals surface area contributed by atoms with E-state index in [9.17, 15) is 9.59 Å². The van der Waals surface area contributed by atoms with Crippen LogP contribution in [0, 0.1) is 0 Å². The van der Waals surface area contributed by atoms with E-state index in [-0.39, 0.29) is 0 Å². The van der Waals surface area contributed by atoms with Crippen LogP contribution >= 0.6 is 11.8 Å². The lowest BCUT2D eigenvalue weighted by Gasteiger charge is -2.27. The summed E-state index contributed by atoms with van der Waals surface area (Å²) >= 11 is 1.64. The Morgan fingerprint density at radius 3 is 1.93 bits per heavy atom. The van der Waals surface area contributed by atoms with Gasteiger partial charge in [-0.25, -0.2) is 4.79 Å². The van der Waals surface area contributed by atoms with Gasteiger partial charge in [-0.3, -0.25) is 4.79 Å². The zero-order valence-electron chi connectivity index (χ0n) is 15.8. The quantitative estimate of drug-likeness (QED) is 0.395. The van der Waals surface area contributed by atoms with Crippen LogP contribution in [-0.2, 0) is 10.3 Å². The van der Waals surface area contributed by atoms with Gasteiger partial charge in [0.25, 0.3) is 5.91 Å². The van der Waals surface area contributed by atoms with E-state index in [0.29, 0.717) is 11.1 Å². The molecular weight excluding hydrogens is 382 g/mol. The first kappa shape index (κ1) is 19.0. The molecule has 0 spiro atoms. The van der Waals surface area contributed by atoms with E-state index < -0.39 is 17.5 Å². The third kappa shape index (κ3) is 3.43. The fourth-order valence-electron chi connectivity index (χ4n) is 3.37. The number of carbonyl (C=O) groups excluding carboxylic acids is 2. The van der Waals surface area contributed by atoms with Crippen molar-refractivity contribution < 1.29 is 9.59 Å². The largest absolute Gasteiger partial charge is 0.346 e. The van der Waals surface area contributed by atoms with E-state index in [1.807, 2.05) is 91.2 Å². The smallest absolute Gasteiger partial charge is 0.314 e. The Balaban J connectivity index is 1.72. The van der Waals surface area contributed by atoms with Gasteiger partial charge in [-0.05, 0) is 35.1 Å². The number of hydrazone groups is 1. The Morgan fingerprint density at radius 2 is 1.41 bits per heavy atom. The van der Waals surface area contributed by atoms with Gasteiger partial charge in [-0.2, -0.15) is 5.10 Å². The fraction of sp³-hybridized carbons (Fsp3) is 0.0870. The Hall–Kier alpha value is -3.38.